The van der Waals surface area contributed by atoms with E-state index >= 15 is 0 Å². The molecule has 0 spiro atoms. The molecule has 0 unspecified atom stereocenters. The van der Waals surface area contributed by atoms with Crippen LogP contribution < -0.4 is 10.9 Å². The minimum absolute atomic E-state index is 0.0556. The van der Waals surface area contributed by atoms with Crippen LogP contribution in [0.4, 0.5) is 0 Å². The van der Waals surface area contributed by atoms with Crippen LogP contribution in [-0.4, -0.2) is 33.1 Å². The Bertz CT molecular complexity index is 565. The molecule has 1 amide bonds. The second kappa shape index (κ2) is 5.13. The summed E-state index contributed by atoms with van der Waals surface area (Å²) in [4.78, 5) is 35.9. The molecule has 0 aromatic carbocycles. The number of hydrogen-bond acceptors (Lipinski definition) is 4. The van der Waals surface area contributed by atoms with Crippen molar-refractivity contribution in [2.45, 2.75) is 25.3 Å². The summed E-state index contributed by atoms with van der Waals surface area (Å²) >= 11 is 0. The third-order valence-corrected chi connectivity index (χ3v) is 3.21. The first-order valence-electron chi connectivity index (χ1n) is 5.92. The Morgan fingerprint density at radius 3 is 2.63 bits per heavy atom. The van der Waals surface area contributed by atoms with Gasteiger partial charge in [-0.15, -0.1) is 0 Å². The summed E-state index contributed by atoms with van der Waals surface area (Å²) in [5.41, 5.74) is -0.514. The van der Waals surface area contributed by atoms with E-state index in [-0.39, 0.29) is 17.5 Å². The van der Waals surface area contributed by atoms with E-state index in [0.717, 1.165) is 12.1 Å². The number of aliphatic carboxylic acids is 1. The van der Waals surface area contributed by atoms with Crippen molar-refractivity contribution in [3.63, 3.8) is 0 Å². The number of H-pyrrole nitrogens is 1. The van der Waals surface area contributed by atoms with Crippen LogP contribution in [-0.2, 0) is 4.79 Å². The molecule has 1 saturated carbocycles. The summed E-state index contributed by atoms with van der Waals surface area (Å²) in [5, 5.41) is 20.7. The molecular formula is C12H14N2O5. The largest absolute Gasteiger partial charge is 0.494 e. The maximum atomic E-state index is 11.9. The van der Waals surface area contributed by atoms with Crippen LogP contribution in [0.1, 0.15) is 29.6 Å². The highest BCUT2D eigenvalue weighted by Gasteiger charge is 2.30. The van der Waals surface area contributed by atoms with Crippen LogP contribution in [0, 0.1) is 5.92 Å². The summed E-state index contributed by atoms with van der Waals surface area (Å²) in [6.07, 6.45) is 1.51. The van der Waals surface area contributed by atoms with Gasteiger partial charge in [-0.2, -0.15) is 0 Å². The first-order valence-corrected chi connectivity index (χ1v) is 5.92. The van der Waals surface area contributed by atoms with Crippen molar-refractivity contribution in [1.82, 2.24) is 10.3 Å². The standard InChI is InChI=1S/C12H14N2O5/c15-9-4-7(5-10(16)14-9)11(17)13-8-2-1-6(3-8)12(18)19/h4-6,8H,1-3H2,(H,13,17)(H,18,19)(H2,14,15,16)/t6-,8+/m1/s1. The number of aromatic nitrogens is 1. The Morgan fingerprint density at radius 1 is 1.32 bits per heavy atom. The highest BCUT2D eigenvalue weighted by Crippen LogP contribution is 2.25. The molecular weight excluding hydrogens is 252 g/mol. The van der Waals surface area contributed by atoms with E-state index < -0.39 is 23.4 Å². The number of aromatic hydroxyl groups is 1. The van der Waals surface area contributed by atoms with Gasteiger partial charge in [0.2, 0.25) is 0 Å². The van der Waals surface area contributed by atoms with Crippen LogP contribution in [0.2, 0.25) is 0 Å². The molecule has 4 N–H and O–H groups in total. The number of hydrogen-bond donors (Lipinski definition) is 4. The van der Waals surface area contributed by atoms with Crippen molar-refractivity contribution in [2.24, 2.45) is 5.92 Å². The predicted molar refractivity (Wildman–Crippen MR) is 65.0 cm³/mol. The number of pyridine rings is 1. The van der Waals surface area contributed by atoms with E-state index in [2.05, 4.69) is 10.3 Å². The molecule has 2 atom stereocenters. The second-order valence-electron chi connectivity index (χ2n) is 4.64. The van der Waals surface area contributed by atoms with Gasteiger partial charge < -0.3 is 15.5 Å². The summed E-state index contributed by atoms with van der Waals surface area (Å²) in [5.74, 6) is -2.16. The van der Waals surface area contributed by atoms with E-state index in [9.17, 15) is 19.5 Å². The maximum Gasteiger partial charge on any atom is 0.306 e. The molecule has 2 rings (SSSR count). The average molecular weight is 266 g/mol. The highest BCUT2D eigenvalue weighted by molar-refractivity contribution is 5.94. The van der Waals surface area contributed by atoms with E-state index in [1.165, 1.54) is 0 Å². The van der Waals surface area contributed by atoms with Gasteiger partial charge in [-0.05, 0) is 19.3 Å². The topological polar surface area (TPSA) is 119 Å². The SMILES string of the molecule is O=C(N[C@H]1CC[C@@H](C(=O)O)C1)c1cc(O)[nH]c(=O)c1. The molecule has 1 heterocycles. The van der Waals surface area contributed by atoms with Crippen LogP contribution in [0.3, 0.4) is 0 Å². The molecule has 0 aliphatic heterocycles. The number of carbonyl (C=O) groups excluding carboxylic acids is 1. The van der Waals surface area contributed by atoms with E-state index in [0.29, 0.717) is 19.3 Å². The lowest BCUT2D eigenvalue weighted by molar-refractivity contribution is -0.141. The molecule has 1 aromatic rings. The number of amides is 1. The molecule has 102 valence electrons. The summed E-state index contributed by atoms with van der Waals surface area (Å²) in [7, 11) is 0. The fraction of sp³-hybridized carbons (Fsp3) is 0.417. The van der Waals surface area contributed by atoms with Gasteiger partial charge in [-0.3, -0.25) is 19.4 Å². The predicted octanol–water partition coefficient (Wildman–Crippen LogP) is 0.0636. The zero-order chi connectivity index (χ0) is 14.0. The van der Waals surface area contributed by atoms with Crippen LogP contribution >= 0.6 is 0 Å². The minimum Gasteiger partial charge on any atom is -0.494 e. The lowest BCUT2D eigenvalue weighted by atomic mass is 10.1. The van der Waals surface area contributed by atoms with E-state index in [4.69, 9.17) is 5.11 Å². The zero-order valence-corrected chi connectivity index (χ0v) is 10.0. The van der Waals surface area contributed by atoms with Crippen molar-refractivity contribution < 1.29 is 19.8 Å². The Kier molecular flexibility index (Phi) is 3.55. The first-order chi connectivity index (χ1) is 8.95. The fourth-order valence-electron chi connectivity index (χ4n) is 2.27. The number of carboxylic acid groups (broad SMARTS) is 1. The number of carbonyl (C=O) groups is 2. The molecule has 7 nitrogen and oxygen atoms in total. The summed E-state index contributed by atoms with van der Waals surface area (Å²) < 4.78 is 0. The van der Waals surface area contributed by atoms with E-state index in [1.807, 2.05) is 0 Å². The van der Waals surface area contributed by atoms with Crippen molar-refractivity contribution in [2.75, 3.05) is 0 Å². The third-order valence-electron chi connectivity index (χ3n) is 3.21. The lowest BCUT2D eigenvalue weighted by Gasteiger charge is -2.12. The number of carboxylic acids is 1. The monoisotopic (exact) mass is 266 g/mol. The summed E-state index contributed by atoms with van der Waals surface area (Å²) in [6.45, 7) is 0. The van der Waals surface area contributed by atoms with Crippen LogP contribution in [0.15, 0.2) is 16.9 Å². The Labute approximate surface area is 108 Å². The van der Waals surface area contributed by atoms with Crippen molar-refractivity contribution in [1.29, 1.82) is 0 Å². The smallest absolute Gasteiger partial charge is 0.306 e. The summed E-state index contributed by atoms with van der Waals surface area (Å²) in [6, 6.07) is 2.02. The zero-order valence-electron chi connectivity index (χ0n) is 10.0. The maximum absolute atomic E-state index is 11.9. The third kappa shape index (κ3) is 3.12. The van der Waals surface area contributed by atoms with Crippen molar-refractivity contribution in [3.8, 4) is 5.88 Å². The normalized spacial score (nSPS) is 22.1. The van der Waals surface area contributed by atoms with Crippen LogP contribution in [0.5, 0.6) is 5.88 Å². The molecule has 1 aromatic heterocycles. The molecule has 1 aliphatic rings. The van der Waals surface area contributed by atoms with Crippen LogP contribution in [0.25, 0.3) is 0 Å². The van der Waals surface area contributed by atoms with Gasteiger partial charge in [0.05, 0.1) is 11.5 Å². The molecule has 7 heteroatoms. The van der Waals surface area contributed by atoms with E-state index in [1.54, 1.807) is 0 Å². The number of rotatable bonds is 3. The highest BCUT2D eigenvalue weighted by atomic mass is 16.4. The minimum atomic E-state index is -0.856. The van der Waals surface area contributed by atoms with Gasteiger partial charge in [-0.1, -0.05) is 0 Å². The van der Waals surface area contributed by atoms with Crippen molar-refractivity contribution in [3.05, 3.63) is 28.0 Å². The molecule has 1 aliphatic carbocycles. The van der Waals surface area contributed by atoms with Gasteiger partial charge in [-0.25, -0.2) is 0 Å². The Morgan fingerprint density at radius 2 is 2.05 bits per heavy atom. The average Bonchev–Trinajstić information content (AvgIpc) is 2.76. The van der Waals surface area contributed by atoms with Gasteiger partial charge >= 0.3 is 5.97 Å². The molecule has 0 saturated heterocycles. The molecule has 1 fully saturated rings. The first kappa shape index (κ1) is 13.1. The van der Waals surface area contributed by atoms with Gasteiger partial charge in [0.25, 0.3) is 11.5 Å². The number of aromatic amines is 1. The Hall–Kier alpha value is -2.31. The molecule has 19 heavy (non-hydrogen) atoms. The Balaban J connectivity index is 2.02. The van der Waals surface area contributed by atoms with Crippen molar-refractivity contribution >= 4 is 11.9 Å². The van der Waals surface area contributed by atoms with Gasteiger partial charge in [0.15, 0.2) is 5.88 Å². The lowest BCUT2D eigenvalue weighted by Crippen LogP contribution is -2.33. The van der Waals surface area contributed by atoms with Gasteiger partial charge in [0, 0.05) is 18.2 Å². The second-order valence-corrected chi connectivity index (χ2v) is 4.64. The fourth-order valence-corrected chi connectivity index (χ4v) is 2.27. The molecule has 0 bridgehead atoms. The van der Waals surface area contributed by atoms with Gasteiger partial charge in [0.1, 0.15) is 0 Å². The quantitative estimate of drug-likeness (QED) is 0.617. The number of nitrogens with one attached hydrogen (secondary N) is 2. The molecule has 0 radical (unpaired) electrons.